The quantitative estimate of drug-likeness (QED) is 0.0262. The van der Waals surface area contributed by atoms with Crippen molar-refractivity contribution in [2.24, 2.45) is 0 Å². The normalized spacial score (nSPS) is 12.3. The molecule has 0 radical (unpaired) electrons. The molecule has 1 atom stereocenters. The van der Waals surface area contributed by atoms with E-state index in [1.807, 2.05) is 0 Å². The molecular formula is C62H112O6. The summed E-state index contributed by atoms with van der Waals surface area (Å²) >= 11 is 0. The van der Waals surface area contributed by atoms with Crippen LogP contribution < -0.4 is 0 Å². The summed E-state index contributed by atoms with van der Waals surface area (Å²) in [5.41, 5.74) is 0. The highest BCUT2D eigenvalue weighted by molar-refractivity contribution is 5.71. The fraction of sp³-hybridized carbons (Fsp3) is 0.823. The molecule has 0 aliphatic heterocycles. The van der Waals surface area contributed by atoms with Gasteiger partial charge in [0.15, 0.2) is 6.10 Å². The molecule has 0 bridgehead atoms. The second-order valence-electron chi connectivity index (χ2n) is 19.9. The van der Waals surface area contributed by atoms with Crippen molar-refractivity contribution in [3.63, 3.8) is 0 Å². The van der Waals surface area contributed by atoms with E-state index in [1.54, 1.807) is 0 Å². The number of ether oxygens (including phenoxy) is 3. The van der Waals surface area contributed by atoms with Crippen LogP contribution >= 0.6 is 0 Å². The Balaban J connectivity index is 4.42. The van der Waals surface area contributed by atoms with Crippen LogP contribution in [0.3, 0.4) is 0 Å². The van der Waals surface area contributed by atoms with E-state index in [-0.39, 0.29) is 31.1 Å². The molecular weight excluding hydrogens is 841 g/mol. The van der Waals surface area contributed by atoms with Gasteiger partial charge >= 0.3 is 17.9 Å². The number of esters is 3. The Morgan fingerprint density at radius 2 is 0.544 bits per heavy atom. The number of hydrogen-bond acceptors (Lipinski definition) is 6. The summed E-state index contributed by atoms with van der Waals surface area (Å²) < 4.78 is 16.8. The molecule has 0 spiro atoms. The first-order chi connectivity index (χ1) is 33.5. The summed E-state index contributed by atoms with van der Waals surface area (Å²) in [7, 11) is 0. The number of unbranched alkanes of at least 4 members (excludes halogenated alkanes) is 35. The lowest BCUT2D eigenvalue weighted by Gasteiger charge is -2.18. The highest BCUT2D eigenvalue weighted by atomic mass is 16.6. The standard InChI is InChI=1S/C62H112O6/c1-4-7-10-13-16-19-22-25-28-31-34-37-40-43-46-49-52-55-61(64)67-58-59(57-66-60(63)54-51-48-45-42-39-36-33-30-27-24-21-18-15-12-9-6-3)68-62(65)56-53-50-47-44-41-38-35-32-29-26-23-20-17-14-11-8-5-2/h25-26,28-29,34,37,43,46,59H,4-24,27,30-33,35-36,38-42,44-45,47-58H2,1-3H3/b28-25-,29-26-,37-34-,46-43-. The lowest BCUT2D eigenvalue weighted by atomic mass is 10.0. The summed E-state index contributed by atoms with van der Waals surface area (Å²) in [4.78, 5) is 38.2. The second-order valence-corrected chi connectivity index (χ2v) is 19.9. The third kappa shape index (κ3) is 54.3. The minimum Gasteiger partial charge on any atom is -0.462 e. The van der Waals surface area contributed by atoms with Crippen LogP contribution in [0.5, 0.6) is 0 Å². The summed E-state index contributed by atoms with van der Waals surface area (Å²) in [6.45, 7) is 6.62. The minimum atomic E-state index is -0.793. The Kier molecular flexibility index (Phi) is 54.8. The van der Waals surface area contributed by atoms with Crippen molar-refractivity contribution in [1.82, 2.24) is 0 Å². The van der Waals surface area contributed by atoms with Crippen molar-refractivity contribution in [2.75, 3.05) is 13.2 Å². The lowest BCUT2D eigenvalue weighted by molar-refractivity contribution is -0.167. The Morgan fingerprint density at radius 1 is 0.294 bits per heavy atom. The molecule has 0 aromatic rings. The number of rotatable bonds is 54. The Hall–Kier alpha value is -2.63. The van der Waals surface area contributed by atoms with Gasteiger partial charge in [0.25, 0.3) is 0 Å². The van der Waals surface area contributed by atoms with Gasteiger partial charge in [0.2, 0.25) is 0 Å². The first-order valence-electron chi connectivity index (χ1n) is 29.6. The van der Waals surface area contributed by atoms with E-state index in [9.17, 15) is 14.4 Å². The smallest absolute Gasteiger partial charge is 0.306 e. The highest BCUT2D eigenvalue weighted by Crippen LogP contribution is 2.16. The van der Waals surface area contributed by atoms with E-state index in [2.05, 4.69) is 69.4 Å². The zero-order valence-corrected chi connectivity index (χ0v) is 45.4. The maximum Gasteiger partial charge on any atom is 0.306 e. The fourth-order valence-electron chi connectivity index (χ4n) is 8.57. The van der Waals surface area contributed by atoms with Crippen LogP contribution in [0.4, 0.5) is 0 Å². The molecule has 0 N–H and O–H groups in total. The van der Waals surface area contributed by atoms with Crippen LogP contribution in [-0.4, -0.2) is 37.2 Å². The molecule has 68 heavy (non-hydrogen) atoms. The number of carbonyl (C=O) groups is 3. The van der Waals surface area contributed by atoms with E-state index < -0.39 is 6.10 Å². The van der Waals surface area contributed by atoms with Gasteiger partial charge in [-0.2, -0.15) is 0 Å². The zero-order chi connectivity index (χ0) is 49.3. The van der Waals surface area contributed by atoms with Crippen molar-refractivity contribution in [1.29, 1.82) is 0 Å². The molecule has 0 saturated heterocycles. The van der Waals surface area contributed by atoms with Gasteiger partial charge in [-0.3, -0.25) is 14.4 Å². The van der Waals surface area contributed by atoms with E-state index in [1.165, 1.54) is 205 Å². The Morgan fingerprint density at radius 3 is 0.897 bits per heavy atom. The van der Waals surface area contributed by atoms with Crippen molar-refractivity contribution in [2.45, 2.75) is 316 Å². The number of allylic oxidation sites excluding steroid dienone is 8. The third-order valence-electron chi connectivity index (χ3n) is 13.1. The summed E-state index contributed by atoms with van der Waals surface area (Å²) in [5, 5.41) is 0. The predicted octanol–water partition coefficient (Wildman–Crippen LogP) is 19.8. The topological polar surface area (TPSA) is 78.9 Å². The van der Waals surface area contributed by atoms with Gasteiger partial charge in [-0.25, -0.2) is 0 Å². The molecule has 0 aromatic carbocycles. The van der Waals surface area contributed by atoms with Crippen LogP contribution in [-0.2, 0) is 28.6 Å². The van der Waals surface area contributed by atoms with Gasteiger partial charge in [-0.1, -0.05) is 262 Å². The molecule has 0 fully saturated rings. The van der Waals surface area contributed by atoms with Crippen LogP contribution in [0.2, 0.25) is 0 Å². The molecule has 6 nitrogen and oxygen atoms in total. The highest BCUT2D eigenvalue weighted by Gasteiger charge is 2.19. The zero-order valence-electron chi connectivity index (χ0n) is 45.4. The molecule has 0 aliphatic rings. The average molecular weight is 954 g/mol. The maximum atomic E-state index is 12.9. The van der Waals surface area contributed by atoms with Crippen LogP contribution in [0, 0.1) is 0 Å². The van der Waals surface area contributed by atoms with Gasteiger partial charge < -0.3 is 14.2 Å². The van der Waals surface area contributed by atoms with Gasteiger partial charge in [-0.05, 0) is 77.0 Å². The molecule has 0 heterocycles. The van der Waals surface area contributed by atoms with Gasteiger partial charge in [0.1, 0.15) is 13.2 Å². The largest absolute Gasteiger partial charge is 0.462 e. The van der Waals surface area contributed by atoms with Gasteiger partial charge in [0.05, 0.1) is 0 Å². The molecule has 6 heteroatoms. The molecule has 0 aromatic heterocycles. The molecule has 0 amide bonds. The molecule has 396 valence electrons. The predicted molar refractivity (Wildman–Crippen MR) is 293 cm³/mol. The van der Waals surface area contributed by atoms with Crippen LogP contribution in [0.25, 0.3) is 0 Å². The Bertz CT molecular complexity index is 1190. The van der Waals surface area contributed by atoms with E-state index in [4.69, 9.17) is 14.2 Å². The van der Waals surface area contributed by atoms with Crippen molar-refractivity contribution >= 4 is 17.9 Å². The lowest BCUT2D eigenvalue weighted by Crippen LogP contribution is -2.30. The van der Waals surface area contributed by atoms with E-state index in [0.29, 0.717) is 25.7 Å². The van der Waals surface area contributed by atoms with Crippen molar-refractivity contribution < 1.29 is 28.6 Å². The van der Waals surface area contributed by atoms with Gasteiger partial charge in [0, 0.05) is 19.3 Å². The Labute approximate surface area is 422 Å². The first kappa shape index (κ1) is 65.4. The molecule has 0 saturated carbocycles. The fourth-order valence-corrected chi connectivity index (χ4v) is 8.57. The van der Waals surface area contributed by atoms with Crippen molar-refractivity contribution in [3.05, 3.63) is 48.6 Å². The molecule has 0 aliphatic carbocycles. The molecule has 0 rings (SSSR count). The SMILES string of the molecule is CCCCCCCC/C=C\C/C=C\C/C=C\CCCC(=O)OCC(COC(=O)CCCCCCCCCCCCCCCCCC)OC(=O)CCCCCCCCC/C=C\CCCCCCCC. The minimum absolute atomic E-state index is 0.0872. The molecule has 1 unspecified atom stereocenters. The second kappa shape index (κ2) is 57.0. The van der Waals surface area contributed by atoms with Crippen molar-refractivity contribution in [3.8, 4) is 0 Å². The summed E-state index contributed by atoms with van der Waals surface area (Å²) in [5.74, 6) is -0.930. The number of carbonyl (C=O) groups excluding carboxylic acids is 3. The van der Waals surface area contributed by atoms with Crippen LogP contribution in [0.15, 0.2) is 48.6 Å². The first-order valence-corrected chi connectivity index (χ1v) is 29.6. The third-order valence-corrected chi connectivity index (χ3v) is 13.1. The average Bonchev–Trinajstić information content (AvgIpc) is 3.34. The monoisotopic (exact) mass is 953 g/mol. The number of hydrogen-bond donors (Lipinski definition) is 0. The summed E-state index contributed by atoms with van der Waals surface area (Å²) in [6.07, 6.45) is 69.6. The summed E-state index contributed by atoms with van der Waals surface area (Å²) in [6, 6.07) is 0. The van der Waals surface area contributed by atoms with E-state index >= 15 is 0 Å². The maximum absolute atomic E-state index is 12.9. The van der Waals surface area contributed by atoms with Crippen LogP contribution in [0.1, 0.15) is 310 Å². The van der Waals surface area contributed by atoms with E-state index in [0.717, 1.165) is 57.8 Å². The van der Waals surface area contributed by atoms with Gasteiger partial charge in [-0.15, -0.1) is 0 Å².